The maximum Gasteiger partial charge on any atom is 0.175 e. The summed E-state index contributed by atoms with van der Waals surface area (Å²) in [6.07, 6.45) is 4.61. The summed E-state index contributed by atoms with van der Waals surface area (Å²) in [6, 6.07) is 9.88. The molecule has 7 nitrogen and oxygen atoms in total. The molecule has 2 fully saturated rings. The smallest absolute Gasteiger partial charge is 0.175 e. The monoisotopic (exact) mass is 475 g/mol. The van der Waals surface area contributed by atoms with Crippen LogP contribution in [0, 0.1) is 0 Å². The molecule has 3 heterocycles. The van der Waals surface area contributed by atoms with Gasteiger partial charge in [0.05, 0.1) is 5.57 Å². The normalized spacial score (nSPS) is 24.5. The predicted molar refractivity (Wildman–Crippen MR) is 139 cm³/mol. The maximum atomic E-state index is 16.3. The van der Waals surface area contributed by atoms with E-state index in [0.29, 0.717) is 29.0 Å². The molecule has 2 saturated heterocycles. The Hall–Kier alpha value is -3.36. The second-order valence-electron chi connectivity index (χ2n) is 9.15. The second kappa shape index (κ2) is 9.71. The molecule has 0 saturated carbocycles. The van der Waals surface area contributed by atoms with Gasteiger partial charge in [-0.05, 0) is 54.4 Å². The van der Waals surface area contributed by atoms with Gasteiger partial charge < -0.3 is 20.1 Å². The molecule has 35 heavy (non-hydrogen) atoms. The Labute approximate surface area is 204 Å². The first kappa shape index (κ1) is 23.4. The molecule has 2 atom stereocenters. The van der Waals surface area contributed by atoms with E-state index in [-0.39, 0.29) is 23.9 Å². The minimum Gasteiger partial charge on any atom is -0.508 e. The molecule has 182 valence electrons. The van der Waals surface area contributed by atoms with Crippen LogP contribution in [-0.4, -0.2) is 67.7 Å². The summed E-state index contributed by atoms with van der Waals surface area (Å²) in [5.74, 6) is 0.0561. The number of phenols is 1. The molecule has 5 rings (SSSR count). The van der Waals surface area contributed by atoms with Crippen LogP contribution in [-0.2, 0) is 11.2 Å². The number of nitrogens with one attached hydrogen (secondary N) is 1. The van der Waals surface area contributed by atoms with Crippen LogP contribution in [0.25, 0.3) is 16.5 Å². The topological polar surface area (TPSA) is 81.8 Å². The van der Waals surface area contributed by atoms with E-state index in [4.69, 9.17) is 4.74 Å². The molecule has 0 radical (unpaired) electrons. The Morgan fingerprint density at radius 1 is 1.29 bits per heavy atom. The number of piperazine rings is 1. The standard InChI is InChI=1S/C27H30FN5O2/c1-4-16-6-5-7-17-10-20(34)11-21(23(16)17)25-24(28)26(31-15-35-3)22(12-30-25)27(29-2)33-13-18-8-9-19(14-33)32-18/h5-7,10-12,18-19,32,34H,2,4,8-9,13-15H2,1,3H3/b27-22+,31-26+. The van der Waals surface area contributed by atoms with Crippen LogP contribution in [0.15, 0.2) is 62.5 Å². The summed E-state index contributed by atoms with van der Waals surface area (Å²) in [5.41, 5.74) is 2.34. The van der Waals surface area contributed by atoms with Gasteiger partial charge in [0, 0.05) is 44.1 Å². The first-order valence-corrected chi connectivity index (χ1v) is 12.0. The largest absolute Gasteiger partial charge is 0.508 e. The van der Waals surface area contributed by atoms with Gasteiger partial charge in [0.15, 0.2) is 5.83 Å². The van der Waals surface area contributed by atoms with Gasteiger partial charge in [-0.2, -0.15) is 0 Å². The fourth-order valence-electron chi connectivity index (χ4n) is 5.41. The Balaban J connectivity index is 1.66. The Morgan fingerprint density at radius 2 is 2.06 bits per heavy atom. The number of aromatic hydroxyl groups is 1. The van der Waals surface area contributed by atoms with E-state index < -0.39 is 5.83 Å². The summed E-state index contributed by atoms with van der Waals surface area (Å²) in [5, 5.41) is 15.7. The highest BCUT2D eigenvalue weighted by atomic mass is 19.1. The van der Waals surface area contributed by atoms with Crippen LogP contribution < -0.4 is 5.32 Å². The number of benzene rings is 2. The molecular weight excluding hydrogens is 445 g/mol. The van der Waals surface area contributed by atoms with Crippen molar-refractivity contribution in [3.8, 4) is 5.75 Å². The van der Waals surface area contributed by atoms with Crippen LogP contribution in [0.3, 0.4) is 0 Å². The third kappa shape index (κ3) is 4.28. The molecule has 0 spiro atoms. The van der Waals surface area contributed by atoms with Gasteiger partial charge in [0.25, 0.3) is 0 Å². The quantitative estimate of drug-likeness (QED) is 0.613. The number of allylic oxidation sites excluding steroid dienone is 2. The van der Waals surface area contributed by atoms with Gasteiger partial charge in [0.2, 0.25) is 0 Å². The van der Waals surface area contributed by atoms with E-state index in [1.807, 2.05) is 18.2 Å². The summed E-state index contributed by atoms with van der Waals surface area (Å²) in [7, 11) is 1.52. The molecule has 0 aliphatic carbocycles. The number of fused-ring (bicyclic) bond motifs is 3. The molecular formula is C27H30FN5O2. The molecule has 3 aliphatic rings. The number of likely N-dealkylation sites (tertiary alicyclic amines) is 1. The number of ether oxygens (including phenoxy) is 1. The Bertz CT molecular complexity index is 1280. The van der Waals surface area contributed by atoms with Gasteiger partial charge in [-0.3, -0.25) is 9.98 Å². The number of halogens is 1. The molecule has 2 aromatic rings. The van der Waals surface area contributed by atoms with Crippen LogP contribution in [0.1, 0.15) is 30.9 Å². The van der Waals surface area contributed by atoms with Crippen LogP contribution in [0.5, 0.6) is 5.75 Å². The van der Waals surface area contributed by atoms with Crippen molar-refractivity contribution >= 4 is 35.1 Å². The molecule has 2 N–H and O–H groups in total. The van der Waals surface area contributed by atoms with Crippen molar-refractivity contribution in [2.75, 3.05) is 26.9 Å². The summed E-state index contributed by atoms with van der Waals surface area (Å²) < 4.78 is 21.4. The van der Waals surface area contributed by atoms with E-state index in [0.717, 1.165) is 48.7 Å². The zero-order chi connectivity index (χ0) is 24.5. The van der Waals surface area contributed by atoms with Crippen LogP contribution in [0.4, 0.5) is 4.39 Å². The number of rotatable bonds is 6. The minimum atomic E-state index is -0.573. The van der Waals surface area contributed by atoms with Crippen molar-refractivity contribution in [1.82, 2.24) is 10.2 Å². The number of aryl methyl sites for hydroxylation is 1. The number of nitrogens with zero attached hydrogens (tertiary/aromatic N) is 4. The highest BCUT2D eigenvalue weighted by molar-refractivity contribution is 6.29. The van der Waals surface area contributed by atoms with E-state index >= 15 is 4.39 Å². The van der Waals surface area contributed by atoms with Gasteiger partial charge in [0.1, 0.15) is 29.7 Å². The number of aliphatic imine (C=N–C) groups is 3. The van der Waals surface area contributed by atoms with Gasteiger partial charge in [-0.15, -0.1) is 0 Å². The number of methoxy groups -OCH3 is 1. The van der Waals surface area contributed by atoms with Crippen LogP contribution >= 0.6 is 0 Å². The van der Waals surface area contributed by atoms with Gasteiger partial charge in [-0.1, -0.05) is 25.1 Å². The van der Waals surface area contributed by atoms with E-state index in [1.54, 1.807) is 18.3 Å². The van der Waals surface area contributed by atoms with E-state index in [9.17, 15) is 5.11 Å². The molecule has 2 aromatic carbocycles. The second-order valence-corrected chi connectivity index (χ2v) is 9.15. The molecule has 8 heteroatoms. The fourth-order valence-corrected chi connectivity index (χ4v) is 5.41. The summed E-state index contributed by atoms with van der Waals surface area (Å²) >= 11 is 0. The molecule has 3 aliphatic heterocycles. The summed E-state index contributed by atoms with van der Waals surface area (Å²) in [6.45, 7) is 7.37. The Morgan fingerprint density at radius 3 is 2.74 bits per heavy atom. The van der Waals surface area contributed by atoms with Crippen molar-refractivity contribution in [3.05, 3.63) is 58.7 Å². The van der Waals surface area contributed by atoms with Gasteiger partial charge in [-0.25, -0.2) is 9.38 Å². The van der Waals surface area contributed by atoms with Crippen molar-refractivity contribution in [3.63, 3.8) is 0 Å². The predicted octanol–water partition coefficient (Wildman–Crippen LogP) is 4.22. The lowest BCUT2D eigenvalue weighted by molar-refractivity contribution is 0.209. The lowest BCUT2D eigenvalue weighted by atomic mass is 9.93. The lowest BCUT2D eigenvalue weighted by Crippen LogP contribution is -2.50. The first-order chi connectivity index (χ1) is 17.0. The molecule has 0 aromatic heterocycles. The van der Waals surface area contributed by atoms with Crippen molar-refractivity contribution in [2.24, 2.45) is 15.0 Å². The third-order valence-electron chi connectivity index (χ3n) is 6.94. The number of hydrogen-bond donors (Lipinski definition) is 2. The number of hydrogen-bond acceptors (Lipinski definition) is 7. The van der Waals surface area contributed by atoms with Crippen LogP contribution in [0.2, 0.25) is 0 Å². The fraction of sp³-hybridized carbons (Fsp3) is 0.370. The van der Waals surface area contributed by atoms with E-state index in [1.165, 1.54) is 7.11 Å². The van der Waals surface area contributed by atoms with Gasteiger partial charge >= 0.3 is 0 Å². The molecule has 0 amide bonds. The lowest BCUT2D eigenvalue weighted by Gasteiger charge is -2.35. The highest BCUT2D eigenvalue weighted by Gasteiger charge is 2.35. The average Bonchev–Trinajstić information content (AvgIpc) is 3.20. The highest BCUT2D eigenvalue weighted by Crippen LogP contribution is 2.38. The first-order valence-electron chi connectivity index (χ1n) is 12.0. The third-order valence-corrected chi connectivity index (χ3v) is 6.94. The van der Waals surface area contributed by atoms with Crippen molar-refractivity contribution < 1.29 is 14.2 Å². The maximum absolute atomic E-state index is 16.3. The Kier molecular flexibility index (Phi) is 6.49. The van der Waals surface area contributed by atoms with Crippen molar-refractivity contribution in [2.45, 2.75) is 38.3 Å². The summed E-state index contributed by atoms with van der Waals surface area (Å²) in [4.78, 5) is 15.4. The van der Waals surface area contributed by atoms with Crippen molar-refractivity contribution in [1.29, 1.82) is 0 Å². The van der Waals surface area contributed by atoms with E-state index in [2.05, 4.69) is 38.8 Å². The molecule has 2 unspecified atom stereocenters. The zero-order valence-corrected chi connectivity index (χ0v) is 20.1. The minimum absolute atomic E-state index is 0.00833. The number of phenolic OH excluding ortho intramolecular Hbond substituents is 1. The SMILES string of the molecule is C=N/C(=C1/C=NC(c2cc(O)cc3cccc(CC)c23)=C(F)/C1=N/COC)N1CC2CCC(C1)N2. The molecule has 2 bridgehead atoms. The zero-order valence-electron chi connectivity index (χ0n) is 20.1. The average molecular weight is 476 g/mol.